The number of hydrogen-bond donors (Lipinski definition) is 1. The molecule has 9 nitrogen and oxygen atoms in total. The fourth-order valence-corrected chi connectivity index (χ4v) is 2.82. The Morgan fingerprint density at radius 3 is 2.65 bits per heavy atom. The zero-order valence-corrected chi connectivity index (χ0v) is 15.5. The van der Waals surface area contributed by atoms with Crippen LogP contribution < -0.4 is 5.32 Å². The standard InChI is InChI=1S/C18H12F4N8O/c19-13-4-2-1-3-12(13)17-26-27-28-29(17)8-16(31)25-14-7-11(18(20,21)22)5-6-15(14)30-10-23-9-24-30/h1-7,9-10H,8H2,(H,25,31). The number of anilines is 1. The highest BCUT2D eigenvalue weighted by atomic mass is 19.4. The predicted octanol–water partition coefficient (Wildman–Crippen LogP) is 2.72. The molecule has 13 heteroatoms. The van der Waals surface area contributed by atoms with Gasteiger partial charge in [0.25, 0.3) is 0 Å². The van der Waals surface area contributed by atoms with Gasteiger partial charge in [0.15, 0.2) is 5.82 Å². The molecule has 0 fully saturated rings. The Kier molecular flexibility index (Phi) is 5.15. The zero-order valence-electron chi connectivity index (χ0n) is 15.5. The molecule has 0 aliphatic carbocycles. The number of benzene rings is 2. The number of carbonyl (C=O) groups excluding carboxylic acids is 1. The molecule has 0 saturated carbocycles. The number of nitrogens with zero attached hydrogens (tertiary/aromatic N) is 7. The Bertz CT molecular complexity index is 1220. The third-order valence-electron chi connectivity index (χ3n) is 4.20. The lowest BCUT2D eigenvalue weighted by atomic mass is 10.1. The van der Waals surface area contributed by atoms with Crippen molar-refractivity contribution in [1.29, 1.82) is 0 Å². The largest absolute Gasteiger partial charge is 0.416 e. The molecule has 31 heavy (non-hydrogen) atoms. The minimum absolute atomic E-state index is 0.00575. The summed E-state index contributed by atoms with van der Waals surface area (Å²) in [5, 5.41) is 17.1. The smallest absolute Gasteiger partial charge is 0.323 e. The lowest BCUT2D eigenvalue weighted by Crippen LogP contribution is -2.22. The highest BCUT2D eigenvalue weighted by molar-refractivity contribution is 5.93. The summed E-state index contributed by atoms with van der Waals surface area (Å²) in [5.41, 5.74) is -0.862. The molecule has 158 valence electrons. The number of amides is 1. The summed E-state index contributed by atoms with van der Waals surface area (Å²) in [6.45, 7) is -0.469. The maximum absolute atomic E-state index is 14.1. The van der Waals surface area contributed by atoms with Gasteiger partial charge >= 0.3 is 6.18 Å². The van der Waals surface area contributed by atoms with Gasteiger partial charge in [0.2, 0.25) is 5.91 Å². The maximum Gasteiger partial charge on any atom is 0.416 e. The molecular formula is C18H12F4N8O. The normalized spacial score (nSPS) is 11.5. The van der Waals surface area contributed by atoms with Gasteiger partial charge < -0.3 is 5.32 Å². The second-order valence-corrected chi connectivity index (χ2v) is 6.26. The van der Waals surface area contributed by atoms with Crippen molar-refractivity contribution in [2.24, 2.45) is 0 Å². The summed E-state index contributed by atoms with van der Waals surface area (Å²) in [6, 6.07) is 8.52. The van der Waals surface area contributed by atoms with Crippen LogP contribution in [-0.2, 0) is 17.5 Å². The molecule has 2 aromatic carbocycles. The van der Waals surface area contributed by atoms with E-state index >= 15 is 0 Å². The van der Waals surface area contributed by atoms with E-state index in [2.05, 4.69) is 30.9 Å². The van der Waals surface area contributed by atoms with Crippen molar-refractivity contribution in [2.45, 2.75) is 12.7 Å². The lowest BCUT2D eigenvalue weighted by Gasteiger charge is -2.14. The average Bonchev–Trinajstić information content (AvgIpc) is 3.40. The molecule has 4 aromatic rings. The fraction of sp³-hybridized carbons (Fsp3) is 0.111. The van der Waals surface area contributed by atoms with Gasteiger partial charge in [-0.3, -0.25) is 4.79 Å². The molecule has 1 N–H and O–H groups in total. The zero-order chi connectivity index (χ0) is 22.0. The van der Waals surface area contributed by atoms with Crippen molar-refractivity contribution in [3.63, 3.8) is 0 Å². The first kappa shape index (κ1) is 20.1. The number of nitrogens with one attached hydrogen (secondary N) is 1. The average molecular weight is 432 g/mol. The Morgan fingerprint density at radius 2 is 1.94 bits per heavy atom. The number of rotatable bonds is 5. The van der Waals surface area contributed by atoms with Crippen LogP contribution in [0.5, 0.6) is 0 Å². The predicted molar refractivity (Wildman–Crippen MR) is 98.2 cm³/mol. The number of aromatic nitrogens is 7. The minimum Gasteiger partial charge on any atom is -0.323 e. The van der Waals surface area contributed by atoms with Gasteiger partial charge in [-0.05, 0) is 40.8 Å². The van der Waals surface area contributed by atoms with Crippen LogP contribution >= 0.6 is 0 Å². The summed E-state index contributed by atoms with van der Waals surface area (Å²) in [6.07, 6.45) is -2.14. The molecule has 0 aliphatic rings. The van der Waals surface area contributed by atoms with Gasteiger partial charge in [-0.25, -0.2) is 18.7 Å². The molecule has 0 unspecified atom stereocenters. The second kappa shape index (κ2) is 7.93. The molecule has 0 saturated heterocycles. The van der Waals surface area contributed by atoms with E-state index in [0.717, 1.165) is 22.9 Å². The molecule has 0 bridgehead atoms. The van der Waals surface area contributed by atoms with E-state index in [0.29, 0.717) is 0 Å². The van der Waals surface area contributed by atoms with Crippen molar-refractivity contribution < 1.29 is 22.4 Å². The quantitative estimate of drug-likeness (QED) is 0.487. The van der Waals surface area contributed by atoms with Gasteiger partial charge in [0.1, 0.15) is 25.0 Å². The van der Waals surface area contributed by atoms with E-state index in [9.17, 15) is 22.4 Å². The summed E-state index contributed by atoms with van der Waals surface area (Å²) in [4.78, 5) is 16.3. The Balaban J connectivity index is 1.63. The summed E-state index contributed by atoms with van der Waals surface area (Å²) < 4.78 is 55.7. The first-order valence-corrected chi connectivity index (χ1v) is 8.70. The van der Waals surface area contributed by atoms with Gasteiger partial charge in [-0.2, -0.15) is 18.3 Å². The molecule has 0 spiro atoms. The first-order chi connectivity index (χ1) is 14.8. The van der Waals surface area contributed by atoms with Gasteiger partial charge in [0.05, 0.1) is 22.5 Å². The van der Waals surface area contributed by atoms with E-state index in [1.165, 1.54) is 35.5 Å². The van der Waals surface area contributed by atoms with Crippen molar-refractivity contribution in [2.75, 3.05) is 5.32 Å². The third kappa shape index (κ3) is 4.24. The SMILES string of the molecule is O=C(Cn1nnnc1-c1ccccc1F)Nc1cc(C(F)(F)F)ccc1-n1cncn1. The van der Waals surface area contributed by atoms with E-state index in [4.69, 9.17) is 0 Å². The maximum atomic E-state index is 14.1. The lowest BCUT2D eigenvalue weighted by molar-refractivity contribution is -0.137. The number of halogens is 4. The van der Waals surface area contributed by atoms with Crippen molar-refractivity contribution in [3.8, 4) is 17.1 Å². The molecular weight excluding hydrogens is 420 g/mol. The van der Waals surface area contributed by atoms with Crippen LogP contribution in [0.15, 0.2) is 55.1 Å². The van der Waals surface area contributed by atoms with Gasteiger partial charge in [-0.15, -0.1) is 5.10 Å². The molecule has 1 amide bonds. The summed E-state index contributed by atoms with van der Waals surface area (Å²) >= 11 is 0. The number of tetrazole rings is 1. The van der Waals surface area contributed by atoms with Crippen LogP contribution in [0.2, 0.25) is 0 Å². The van der Waals surface area contributed by atoms with E-state index in [1.54, 1.807) is 6.07 Å². The molecule has 2 heterocycles. The monoisotopic (exact) mass is 432 g/mol. The van der Waals surface area contributed by atoms with Crippen LogP contribution in [0.25, 0.3) is 17.1 Å². The first-order valence-electron chi connectivity index (χ1n) is 8.70. The van der Waals surface area contributed by atoms with Crippen LogP contribution in [0.3, 0.4) is 0 Å². The summed E-state index contributed by atoms with van der Waals surface area (Å²) in [5.74, 6) is -1.33. The minimum atomic E-state index is -4.62. The highest BCUT2D eigenvalue weighted by Gasteiger charge is 2.31. The second-order valence-electron chi connectivity index (χ2n) is 6.26. The topological polar surface area (TPSA) is 103 Å². The number of hydrogen-bond acceptors (Lipinski definition) is 6. The molecule has 0 radical (unpaired) electrons. The summed E-state index contributed by atoms with van der Waals surface area (Å²) in [7, 11) is 0. The van der Waals surface area contributed by atoms with E-state index < -0.39 is 30.0 Å². The van der Waals surface area contributed by atoms with Gasteiger partial charge in [0, 0.05) is 0 Å². The number of carbonyl (C=O) groups is 1. The van der Waals surface area contributed by atoms with Crippen LogP contribution in [-0.4, -0.2) is 40.9 Å². The van der Waals surface area contributed by atoms with Gasteiger partial charge in [-0.1, -0.05) is 12.1 Å². The van der Waals surface area contributed by atoms with E-state index in [1.807, 2.05) is 0 Å². The Labute approximate surface area is 171 Å². The number of alkyl halides is 3. The molecule has 0 atom stereocenters. The van der Waals surface area contributed by atoms with Crippen molar-refractivity contribution in [1.82, 2.24) is 35.0 Å². The third-order valence-corrected chi connectivity index (χ3v) is 4.20. The molecule has 2 aromatic heterocycles. The van der Waals surface area contributed by atoms with Crippen molar-refractivity contribution >= 4 is 11.6 Å². The Hall–Kier alpha value is -4.16. The fourth-order valence-electron chi connectivity index (χ4n) is 2.82. The molecule has 0 aliphatic heterocycles. The van der Waals surface area contributed by atoms with Crippen LogP contribution in [0, 0.1) is 5.82 Å². The van der Waals surface area contributed by atoms with E-state index in [-0.39, 0.29) is 22.8 Å². The Morgan fingerprint density at radius 1 is 1.13 bits per heavy atom. The molecule has 4 rings (SSSR count). The highest BCUT2D eigenvalue weighted by Crippen LogP contribution is 2.33. The van der Waals surface area contributed by atoms with Crippen molar-refractivity contribution in [3.05, 3.63) is 66.5 Å². The van der Waals surface area contributed by atoms with Crippen LogP contribution in [0.4, 0.5) is 23.2 Å². The van der Waals surface area contributed by atoms with Crippen LogP contribution in [0.1, 0.15) is 5.56 Å².